The number of hydrogen-bond acceptors (Lipinski definition) is 5. The van der Waals surface area contributed by atoms with Gasteiger partial charge in [0.05, 0.1) is 16.2 Å². The number of para-hydroxylation sites is 1. The Morgan fingerprint density at radius 2 is 1.94 bits per heavy atom. The number of rotatable bonds is 8. The minimum absolute atomic E-state index is 0.0429. The zero-order chi connectivity index (χ0) is 24.2. The van der Waals surface area contributed by atoms with Gasteiger partial charge in [0.25, 0.3) is 0 Å². The normalized spacial score (nSPS) is 23.3. The molecule has 0 radical (unpaired) electrons. The number of aliphatic hydroxyl groups excluding tert-OH is 2. The molecule has 11 heteroatoms. The third-order valence-corrected chi connectivity index (χ3v) is 6.69. The molecule has 0 spiro atoms. The molecule has 3 unspecified atom stereocenters. The highest BCUT2D eigenvalue weighted by molar-refractivity contribution is 14.1. The van der Waals surface area contributed by atoms with Crippen LogP contribution in [0.3, 0.4) is 0 Å². The summed E-state index contributed by atoms with van der Waals surface area (Å²) in [5.41, 5.74) is 0.0864. The van der Waals surface area contributed by atoms with Crippen LogP contribution < -0.4 is 10.1 Å². The maximum atomic E-state index is 13.4. The number of ether oxygens (including phenoxy) is 1. The van der Waals surface area contributed by atoms with Gasteiger partial charge in [0.15, 0.2) is 0 Å². The Morgan fingerprint density at radius 1 is 1.24 bits per heavy atom. The number of hydrogen-bond donors (Lipinski definition) is 3. The van der Waals surface area contributed by atoms with Gasteiger partial charge in [-0.15, -0.1) is 0 Å². The van der Waals surface area contributed by atoms with Crippen molar-refractivity contribution in [2.45, 2.75) is 50.1 Å². The monoisotopic (exact) mass is 582 g/mol. The van der Waals surface area contributed by atoms with Crippen molar-refractivity contribution < 1.29 is 37.7 Å². The molecule has 1 fully saturated rings. The van der Waals surface area contributed by atoms with Crippen LogP contribution in [0.5, 0.6) is 5.75 Å². The molecule has 0 aromatic heterocycles. The van der Waals surface area contributed by atoms with Crippen LogP contribution in [0.15, 0.2) is 35.9 Å². The van der Waals surface area contributed by atoms with Crippen LogP contribution in [0, 0.1) is 9.49 Å². The van der Waals surface area contributed by atoms with E-state index in [0.29, 0.717) is 27.1 Å². The Kier molecular flexibility index (Phi) is 8.62. The van der Waals surface area contributed by atoms with Crippen LogP contribution in [-0.2, 0) is 9.59 Å². The minimum atomic E-state index is -4.68. The molecule has 2 aliphatic carbocycles. The van der Waals surface area contributed by atoms with E-state index >= 15 is 0 Å². The average Bonchev–Trinajstić information content (AvgIpc) is 2.71. The fourth-order valence-electron chi connectivity index (χ4n) is 3.91. The third-order valence-electron chi connectivity index (χ3n) is 5.80. The fraction of sp³-hybridized carbons (Fsp3) is 0.545. The van der Waals surface area contributed by atoms with E-state index in [1.54, 1.807) is 24.3 Å². The van der Waals surface area contributed by atoms with Gasteiger partial charge >= 0.3 is 6.18 Å². The lowest BCUT2D eigenvalue weighted by Gasteiger charge is -2.43. The Bertz CT molecular complexity index is 891. The molecule has 2 amide bonds. The molecule has 33 heavy (non-hydrogen) atoms. The van der Waals surface area contributed by atoms with Crippen LogP contribution in [0.2, 0.25) is 0 Å². The van der Waals surface area contributed by atoms with E-state index in [2.05, 4.69) is 5.32 Å². The van der Waals surface area contributed by atoms with Crippen molar-refractivity contribution in [3.8, 4) is 5.75 Å². The largest absolute Gasteiger partial charge is 0.482 e. The summed E-state index contributed by atoms with van der Waals surface area (Å²) in [7, 11) is 0. The third kappa shape index (κ3) is 6.60. The van der Waals surface area contributed by atoms with Gasteiger partial charge in [-0.25, -0.2) is 0 Å². The maximum absolute atomic E-state index is 13.4. The predicted octanol–water partition coefficient (Wildman–Crippen LogP) is 2.40. The molecule has 0 aliphatic heterocycles. The Balaban J connectivity index is 1.94. The summed E-state index contributed by atoms with van der Waals surface area (Å²) >= 11 is 2.02. The number of nitrogens with one attached hydrogen (secondary N) is 1. The van der Waals surface area contributed by atoms with E-state index in [1.807, 2.05) is 22.6 Å². The molecular formula is C22H26F3IN2O5. The molecule has 1 aromatic rings. The molecule has 3 rings (SSSR count). The lowest BCUT2D eigenvalue weighted by Crippen LogP contribution is -2.58. The summed E-state index contributed by atoms with van der Waals surface area (Å²) in [6, 6.07) is 5.59. The first-order chi connectivity index (χ1) is 15.6. The van der Waals surface area contributed by atoms with Gasteiger partial charge in [-0.05, 0) is 53.6 Å². The predicted molar refractivity (Wildman–Crippen MR) is 121 cm³/mol. The standard InChI is InChI=1S/C22H26F3IN2O5/c23-22(24,25)12-28(21(32)13-4-3-5-13)16-10-14(20(31)27-8-9-29)11-18(19(16)30)33-17-7-2-1-6-15(17)26/h1-2,6-7,11,13,16,18-19,29-30H,3-5,8-10,12H2,(H,27,31). The second-order valence-corrected chi connectivity index (χ2v) is 9.32. The number of carbonyl (C=O) groups is 2. The molecule has 1 aromatic carbocycles. The van der Waals surface area contributed by atoms with E-state index in [4.69, 9.17) is 9.84 Å². The van der Waals surface area contributed by atoms with E-state index in [9.17, 15) is 27.9 Å². The highest BCUT2D eigenvalue weighted by Crippen LogP contribution is 2.35. The molecule has 182 valence electrons. The first-order valence-corrected chi connectivity index (χ1v) is 11.7. The highest BCUT2D eigenvalue weighted by atomic mass is 127. The molecular weight excluding hydrogens is 556 g/mol. The minimum Gasteiger partial charge on any atom is -0.482 e. The first kappa shape index (κ1) is 25.8. The highest BCUT2D eigenvalue weighted by Gasteiger charge is 2.46. The molecule has 3 N–H and O–H groups in total. The molecule has 1 saturated carbocycles. The van der Waals surface area contributed by atoms with Crippen molar-refractivity contribution >= 4 is 34.4 Å². The van der Waals surface area contributed by atoms with E-state index in [1.165, 1.54) is 6.08 Å². The molecule has 7 nitrogen and oxygen atoms in total. The van der Waals surface area contributed by atoms with Gasteiger partial charge in [0.1, 0.15) is 24.5 Å². The van der Waals surface area contributed by atoms with Gasteiger partial charge < -0.3 is 25.2 Å². The lowest BCUT2D eigenvalue weighted by atomic mass is 9.82. The van der Waals surface area contributed by atoms with Gasteiger partial charge in [-0.3, -0.25) is 9.59 Å². The summed E-state index contributed by atoms with van der Waals surface area (Å²) in [4.78, 5) is 26.2. The second kappa shape index (κ2) is 11.0. The maximum Gasteiger partial charge on any atom is 0.406 e. The van der Waals surface area contributed by atoms with E-state index in [0.717, 1.165) is 6.42 Å². The first-order valence-electron chi connectivity index (χ1n) is 10.7. The number of benzene rings is 1. The van der Waals surface area contributed by atoms with Crippen LogP contribution in [0.4, 0.5) is 13.2 Å². The number of alkyl halides is 3. The SMILES string of the molecule is O=C(NCCO)C1=CC(Oc2ccccc2I)C(O)C(N(CC(F)(F)F)C(=O)C2CCC2)C1. The number of aliphatic hydroxyl groups is 2. The zero-order valence-corrected chi connectivity index (χ0v) is 19.9. The molecule has 0 bridgehead atoms. The molecule has 2 aliphatic rings. The van der Waals surface area contributed by atoms with Gasteiger partial charge in [-0.2, -0.15) is 13.2 Å². The Hall–Kier alpha value is -1.86. The Morgan fingerprint density at radius 3 is 2.52 bits per heavy atom. The molecule has 0 saturated heterocycles. The summed E-state index contributed by atoms with van der Waals surface area (Å²) < 4.78 is 46.9. The van der Waals surface area contributed by atoms with Gasteiger partial charge in [0.2, 0.25) is 11.8 Å². The number of nitrogens with zero attached hydrogens (tertiary/aromatic N) is 1. The van der Waals surface area contributed by atoms with E-state index < -0.39 is 48.7 Å². The van der Waals surface area contributed by atoms with Crippen molar-refractivity contribution in [2.75, 3.05) is 19.7 Å². The summed E-state index contributed by atoms with van der Waals surface area (Å²) in [6.07, 6.45) is -4.45. The van der Waals surface area contributed by atoms with Crippen LogP contribution in [0.25, 0.3) is 0 Å². The molecule has 3 atom stereocenters. The lowest BCUT2D eigenvalue weighted by molar-refractivity contribution is -0.176. The average molecular weight is 582 g/mol. The van der Waals surface area contributed by atoms with Gasteiger partial charge in [-0.1, -0.05) is 18.6 Å². The van der Waals surface area contributed by atoms with Gasteiger partial charge in [0, 0.05) is 24.5 Å². The fourth-order valence-corrected chi connectivity index (χ4v) is 4.42. The number of halogens is 4. The second-order valence-electron chi connectivity index (χ2n) is 8.16. The zero-order valence-electron chi connectivity index (χ0n) is 17.7. The smallest absolute Gasteiger partial charge is 0.406 e. The Labute approximate surface area is 203 Å². The van der Waals surface area contributed by atoms with Crippen LogP contribution in [-0.4, -0.2) is 71.0 Å². The van der Waals surface area contributed by atoms with Crippen molar-refractivity contribution in [1.82, 2.24) is 10.2 Å². The van der Waals surface area contributed by atoms with Crippen molar-refractivity contribution in [3.05, 3.63) is 39.5 Å². The van der Waals surface area contributed by atoms with Crippen LogP contribution >= 0.6 is 22.6 Å². The van der Waals surface area contributed by atoms with Crippen LogP contribution in [0.1, 0.15) is 25.7 Å². The molecule has 0 heterocycles. The van der Waals surface area contributed by atoms with Crippen molar-refractivity contribution in [2.24, 2.45) is 5.92 Å². The topological polar surface area (TPSA) is 99.1 Å². The number of carbonyl (C=O) groups excluding carboxylic acids is 2. The summed E-state index contributed by atoms with van der Waals surface area (Å²) in [6.45, 7) is -1.88. The van der Waals surface area contributed by atoms with E-state index in [-0.39, 0.29) is 25.1 Å². The summed E-state index contributed by atoms with van der Waals surface area (Å²) in [5.74, 6) is -1.40. The van der Waals surface area contributed by atoms with Crippen molar-refractivity contribution in [3.63, 3.8) is 0 Å². The quantitative estimate of drug-likeness (QED) is 0.410. The van der Waals surface area contributed by atoms with Crippen molar-refractivity contribution in [1.29, 1.82) is 0 Å². The number of amides is 2. The summed E-state index contributed by atoms with van der Waals surface area (Å²) in [5, 5.41) is 22.5.